The van der Waals surface area contributed by atoms with Gasteiger partial charge < -0.3 is 5.32 Å². The molecule has 1 aromatic carbocycles. The summed E-state index contributed by atoms with van der Waals surface area (Å²) >= 11 is 0. The Bertz CT molecular complexity index is 397. The van der Waals surface area contributed by atoms with E-state index < -0.39 is 0 Å². The van der Waals surface area contributed by atoms with E-state index in [2.05, 4.69) is 68.2 Å². The van der Waals surface area contributed by atoms with Crippen LogP contribution in [0.5, 0.6) is 0 Å². The van der Waals surface area contributed by atoms with E-state index in [1.165, 1.54) is 31.5 Å². The molecule has 0 aromatic heterocycles. The van der Waals surface area contributed by atoms with Gasteiger partial charge in [0.1, 0.15) is 0 Å². The summed E-state index contributed by atoms with van der Waals surface area (Å²) in [4.78, 5) is 2.67. The smallest absolute Gasteiger partial charge is 0.0472 e. The predicted molar refractivity (Wildman–Crippen MR) is 86.9 cm³/mol. The zero-order valence-corrected chi connectivity index (χ0v) is 13.5. The van der Waals surface area contributed by atoms with E-state index in [0.717, 1.165) is 6.54 Å². The fraction of sp³-hybridized carbons (Fsp3) is 0.667. The molecule has 1 atom stereocenters. The summed E-state index contributed by atoms with van der Waals surface area (Å²) < 4.78 is 0. The quantitative estimate of drug-likeness (QED) is 0.877. The number of benzene rings is 1. The Kier molecular flexibility index (Phi) is 5.22. The summed E-state index contributed by atoms with van der Waals surface area (Å²) in [6.07, 6.45) is 2.67. The summed E-state index contributed by atoms with van der Waals surface area (Å²) in [7, 11) is 0. The Hall–Kier alpha value is -0.860. The second-order valence-electron chi connectivity index (χ2n) is 7.23. The number of piperidine rings is 1. The predicted octanol–water partition coefficient (Wildman–Crippen LogP) is 3.85. The van der Waals surface area contributed by atoms with Crippen molar-refractivity contribution in [1.29, 1.82) is 0 Å². The van der Waals surface area contributed by atoms with Crippen molar-refractivity contribution in [2.75, 3.05) is 19.6 Å². The third-order valence-electron chi connectivity index (χ3n) is 4.27. The zero-order chi connectivity index (χ0) is 14.6. The standard InChI is InChI=1S/C18H30N2/c1-15(2)19-13-17(16-9-6-5-7-10-16)20-12-8-11-18(3,4)14-20/h5-7,9-10,15,17,19H,8,11-14H2,1-4H3. The summed E-state index contributed by atoms with van der Waals surface area (Å²) in [6.45, 7) is 12.7. The van der Waals surface area contributed by atoms with Gasteiger partial charge in [-0.3, -0.25) is 4.90 Å². The van der Waals surface area contributed by atoms with Crippen molar-refractivity contribution in [2.45, 2.75) is 52.6 Å². The van der Waals surface area contributed by atoms with Crippen molar-refractivity contribution in [2.24, 2.45) is 5.41 Å². The SMILES string of the molecule is CC(C)NCC(c1ccccc1)N1CCCC(C)(C)C1. The van der Waals surface area contributed by atoms with Gasteiger partial charge in [0.2, 0.25) is 0 Å². The highest BCUT2D eigenvalue weighted by atomic mass is 15.2. The highest BCUT2D eigenvalue weighted by Gasteiger charge is 2.31. The minimum atomic E-state index is 0.448. The minimum Gasteiger partial charge on any atom is -0.313 e. The molecule has 0 saturated carbocycles. The molecule has 2 heteroatoms. The van der Waals surface area contributed by atoms with Gasteiger partial charge in [-0.15, -0.1) is 0 Å². The molecule has 0 radical (unpaired) electrons. The minimum absolute atomic E-state index is 0.448. The normalized spacial score (nSPS) is 21.1. The van der Waals surface area contributed by atoms with Crippen molar-refractivity contribution in [1.82, 2.24) is 10.2 Å². The molecule has 1 aromatic rings. The Morgan fingerprint density at radius 3 is 2.50 bits per heavy atom. The molecule has 0 aliphatic carbocycles. The van der Waals surface area contributed by atoms with Crippen molar-refractivity contribution < 1.29 is 0 Å². The number of hydrogen-bond acceptors (Lipinski definition) is 2. The number of nitrogens with zero attached hydrogens (tertiary/aromatic N) is 1. The van der Waals surface area contributed by atoms with Crippen molar-refractivity contribution in [3.8, 4) is 0 Å². The number of nitrogens with one attached hydrogen (secondary N) is 1. The van der Waals surface area contributed by atoms with Crippen molar-refractivity contribution in [3.63, 3.8) is 0 Å². The van der Waals surface area contributed by atoms with Gasteiger partial charge in [0.25, 0.3) is 0 Å². The highest BCUT2D eigenvalue weighted by Crippen LogP contribution is 2.33. The van der Waals surface area contributed by atoms with Crippen LogP contribution in [0, 0.1) is 5.41 Å². The van der Waals surface area contributed by atoms with Crippen LogP contribution < -0.4 is 5.32 Å². The van der Waals surface area contributed by atoms with Crippen LogP contribution in [0.2, 0.25) is 0 Å². The molecule has 1 saturated heterocycles. The van der Waals surface area contributed by atoms with Crippen molar-refractivity contribution in [3.05, 3.63) is 35.9 Å². The van der Waals surface area contributed by atoms with Crippen LogP contribution in [0.1, 0.15) is 52.1 Å². The Morgan fingerprint density at radius 1 is 1.20 bits per heavy atom. The molecule has 1 N–H and O–H groups in total. The molecular weight excluding hydrogens is 244 g/mol. The Labute approximate surface area is 124 Å². The maximum Gasteiger partial charge on any atom is 0.0472 e. The summed E-state index contributed by atoms with van der Waals surface area (Å²) in [6, 6.07) is 12.0. The lowest BCUT2D eigenvalue weighted by molar-refractivity contribution is 0.0763. The van der Waals surface area contributed by atoms with E-state index in [1.54, 1.807) is 0 Å². The van der Waals surface area contributed by atoms with Gasteiger partial charge in [-0.2, -0.15) is 0 Å². The lowest BCUT2D eigenvalue weighted by Gasteiger charge is -2.42. The van der Waals surface area contributed by atoms with Gasteiger partial charge in [0.15, 0.2) is 0 Å². The largest absolute Gasteiger partial charge is 0.313 e. The molecule has 1 heterocycles. The van der Waals surface area contributed by atoms with E-state index >= 15 is 0 Å². The highest BCUT2D eigenvalue weighted by molar-refractivity contribution is 5.20. The monoisotopic (exact) mass is 274 g/mol. The molecule has 1 aliphatic heterocycles. The molecule has 0 spiro atoms. The first-order valence-electron chi connectivity index (χ1n) is 8.00. The van der Waals surface area contributed by atoms with Crippen LogP contribution >= 0.6 is 0 Å². The van der Waals surface area contributed by atoms with E-state index in [4.69, 9.17) is 0 Å². The van der Waals surface area contributed by atoms with Crippen LogP contribution in [0.4, 0.5) is 0 Å². The molecule has 2 rings (SSSR count). The first kappa shape index (κ1) is 15.5. The molecule has 112 valence electrons. The van der Waals surface area contributed by atoms with E-state index in [9.17, 15) is 0 Å². The summed E-state index contributed by atoms with van der Waals surface area (Å²) in [5, 5.41) is 3.63. The number of rotatable bonds is 5. The number of hydrogen-bond donors (Lipinski definition) is 1. The Morgan fingerprint density at radius 2 is 1.90 bits per heavy atom. The molecule has 20 heavy (non-hydrogen) atoms. The van der Waals surface area contributed by atoms with Gasteiger partial charge >= 0.3 is 0 Å². The van der Waals surface area contributed by atoms with Gasteiger partial charge in [-0.05, 0) is 30.4 Å². The van der Waals surface area contributed by atoms with Gasteiger partial charge in [-0.25, -0.2) is 0 Å². The van der Waals surface area contributed by atoms with E-state index in [0.29, 0.717) is 17.5 Å². The third-order valence-corrected chi connectivity index (χ3v) is 4.27. The fourth-order valence-corrected chi connectivity index (χ4v) is 3.21. The maximum absolute atomic E-state index is 3.63. The second kappa shape index (κ2) is 6.73. The molecule has 2 nitrogen and oxygen atoms in total. The average molecular weight is 274 g/mol. The van der Waals surface area contributed by atoms with E-state index in [-0.39, 0.29) is 0 Å². The fourth-order valence-electron chi connectivity index (χ4n) is 3.21. The average Bonchev–Trinajstić information content (AvgIpc) is 2.39. The second-order valence-corrected chi connectivity index (χ2v) is 7.23. The first-order chi connectivity index (χ1) is 9.48. The summed E-state index contributed by atoms with van der Waals surface area (Å²) in [5.41, 5.74) is 1.89. The molecule has 1 aliphatic rings. The molecular formula is C18H30N2. The zero-order valence-electron chi connectivity index (χ0n) is 13.5. The molecule has 1 fully saturated rings. The lowest BCUT2D eigenvalue weighted by Crippen LogP contribution is -2.45. The first-order valence-corrected chi connectivity index (χ1v) is 8.00. The summed E-state index contributed by atoms with van der Waals surface area (Å²) in [5.74, 6) is 0. The van der Waals surface area contributed by atoms with Crippen LogP contribution in [0.25, 0.3) is 0 Å². The molecule has 0 amide bonds. The Balaban J connectivity index is 2.13. The van der Waals surface area contributed by atoms with Crippen LogP contribution in [-0.2, 0) is 0 Å². The van der Waals surface area contributed by atoms with Crippen LogP contribution in [0.15, 0.2) is 30.3 Å². The van der Waals surface area contributed by atoms with Crippen LogP contribution in [0.3, 0.4) is 0 Å². The van der Waals surface area contributed by atoms with E-state index in [1.807, 2.05) is 0 Å². The van der Waals surface area contributed by atoms with Gasteiger partial charge in [0.05, 0.1) is 0 Å². The van der Waals surface area contributed by atoms with Crippen LogP contribution in [-0.4, -0.2) is 30.6 Å². The van der Waals surface area contributed by atoms with Gasteiger partial charge in [-0.1, -0.05) is 58.0 Å². The van der Waals surface area contributed by atoms with Gasteiger partial charge in [0, 0.05) is 25.2 Å². The lowest BCUT2D eigenvalue weighted by atomic mass is 9.83. The van der Waals surface area contributed by atoms with Crippen molar-refractivity contribution >= 4 is 0 Å². The number of likely N-dealkylation sites (tertiary alicyclic amines) is 1. The molecule has 1 unspecified atom stereocenters. The topological polar surface area (TPSA) is 15.3 Å². The maximum atomic E-state index is 3.63. The third kappa shape index (κ3) is 4.32. The molecule has 0 bridgehead atoms.